The predicted molar refractivity (Wildman–Crippen MR) is 108 cm³/mol. The number of hydrogen-bond donors (Lipinski definition) is 1. The molecule has 0 aliphatic carbocycles. The van der Waals surface area contributed by atoms with E-state index in [1.54, 1.807) is 11.8 Å². The van der Waals surface area contributed by atoms with Crippen LogP contribution in [0.5, 0.6) is 0 Å². The van der Waals surface area contributed by atoms with Gasteiger partial charge in [-0.05, 0) is 36.9 Å². The van der Waals surface area contributed by atoms with E-state index in [0.717, 1.165) is 64.8 Å². The van der Waals surface area contributed by atoms with Crippen molar-refractivity contribution in [2.75, 3.05) is 19.6 Å². The number of carbonyl (C=O) groups is 1. The van der Waals surface area contributed by atoms with Crippen molar-refractivity contribution in [1.29, 1.82) is 0 Å². The molecule has 1 amide bonds. The zero-order valence-electron chi connectivity index (χ0n) is 15.6. The van der Waals surface area contributed by atoms with Gasteiger partial charge < -0.3 is 10.2 Å². The number of pyridine rings is 1. The second-order valence-electron chi connectivity index (χ2n) is 6.50. The fourth-order valence-corrected chi connectivity index (χ4v) is 4.73. The number of nitrogens with zero attached hydrogens (tertiary/aromatic N) is 4. The number of aromatic nitrogens is 3. The number of rotatable bonds is 8. The lowest BCUT2D eigenvalue weighted by atomic mass is 10.1. The lowest BCUT2D eigenvalue weighted by molar-refractivity contribution is -0.109. The minimum absolute atomic E-state index is 0.508. The Morgan fingerprint density at radius 3 is 2.89 bits per heavy atom. The first kappa shape index (κ1) is 18.0. The molecule has 0 spiro atoms. The van der Waals surface area contributed by atoms with Crippen molar-refractivity contribution in [3.63, 3.8) is 0 Å². The SMILES string of the molecule is CCN(CC)CCn1nc2c3c(c(CNC=O)ccc31)Sc1ncccc1-2. The first-order chi connectivity index (χ1) is 13.3. The molecule has 4 rings (SSSR count). The lowest BCUT2D eigenvalue weighted by Gasteiger charge is -2.18. The van der Waals surface area contributed by atoms with Crippen LogP contribution in [-0.4, -0.2) is 45.7 Å². The molecule has 0 unspecified atom stereocenters. The summed E-state index contributed by atoms with van der Waals surface area (Å²) in [4.78, 5) is 18.9. The molecule has 1 N–H and O–H groups in total. The quantitative estimate of drug-likeness (QED) is 0.475. The summed E-state index contributed by atoms with van der Waals surface area (Å²) in [5.41, 5.74) is 4.32. The van der Waals surface area contributed by atoms with Gasteiger partial charge in [-0.25, -0.2) is 4.98 Å². The number of hydrogen-bond acceptors (Lipinski definition) is 5. The van der Waals surface area contributed by atoms with Crippen LogP contribution in [0.15, 0.2) is 40.4 Å². The Kier molecular flexibility index (Phi) is 5.13. The highest BCUT2D eigenvalue weighted by atomic mass is 32.2. The van der Waals surface area contributed by atoms with Crippen molar-refractivity contribution >= 4 is 29.1 Å². The van der Waals surface area contributed by atoms with E-state index in [4.69, 9.17) is 5.10 Å². The first-order valence-electron chi connectivity index (χ1n) is 9.31. The van der Waals surface area contributed by atoms with Crippen LogP contribution in [0.25, 0.3) is 22.2 Å². The molecule has 1 aliphatic rings. The third kappa shape index (κ3) is 3.21. The highest BCUT2D eigenvalue weighted by Gasteiger charge is 2.26. The fourth-order valence-electron chi connectivity index (χ4n) is 3.58. The number of carbonyl (C=O) groups excluding carboxylic acids is 1. The fraction of sp³-hybridized carbons (Fsp3) is 0.350. The Morgan fingerprint density at radius 2 is 2.11 bits per heavy atom. The average molecular weight is 382 g/mol. The van der Waals surface area contributed by atoms with Gasteiger partial charge in [-0.1, -0.05) is 31.7 Å². The number of benzene rings is 1. The molecule has 27 heavy (non-hydrogen) atoms. The monoisotopic (exact) mass is 381 g/mol. The third-order valence-corrected chi connectivity index (χ3v) is 6.27. The highest BCUT2D eigenvalue weighted by molar-refractivity contribution is 7.99. The molecule has 3 heterocycles. The standard InChI is InChI=1S/C20H23N5OS/c1-3-24(4-2)10-11-25-16-8-7-14(12-21-13-26)19-17(16)18(23-25)15-6-5-9-22-20(15)27-19/h5-9,13H,3-4,10-12H2,1-2H3,(H,21,26). The van der Waals surface area contributed by atoms with Crippen molar-refractivity contribution in [3.8, 4) is 11.3 Å². The maximum Gasteiger partial charge on any atom is 0.207 e. The summed E-state index contributed by atoms with van der Waals surface area (Å²) >= 11 is 1.67. The van der Waals surface area contributed by atoms with E-state index in [-0.39, 0.29) is 0 Å². The third-order valence-electron chi connectivity index (χ3n) is 5.08. The van der Waals surface area contributed by atoms with Crippen molar-refractivity contribution in [3.05, 3.63) is 36.0 Å². The second kappa shape index (κ2) is 7.70. The van der Waals surface area contributed by atoms with E-state index in [1.165, 1.54) is 5.39 Å². The summed E-state index contributed by atoms with van der Waals surface area (Å²) in [5.74, 6) is 0. The summed E-state index contributed by atoms with van der Waals surface area (Å²) in [6.45, 7) is 8.79. The van der Waals surface area contributed by atoms with Crippen LogP contribution in [0.2, 0.25) is 0 Å². The summed E-state index contributed by atoms with van der Waals surface area (Å²) in [6.07, 6.45) is 2.56. The van der Waals surface area contributed by atoms with Crippen molar-refractivity contribution in [2.24, 2.45) is 0 Å². The predicted octanol–water partition coefficient (Wildman–Crippen LogP) is 3.15. The van der Waals surface area contributed by atoms with Crippen molar-refractivity contribution < 1.29 is 4.79 Å². The Balaban J connectivity index is 1.83. The van der Waals surface area contributed by atoms with Crippen LogP contribution in [0.1, 0.15) is 19.4 Å². The molecule has 0 saturated carbocycles. The van der Waals surface area contributed by atoms with E-state index in [1.807, 2.05) is 12.3 Å². The van der Waals surface area contributed by atoms with E-state index < -0.39 is 0 Å². The van der Waals surface area contributed by atoms with Crippen LogP contribution in [0.3, 0.4) is 0 Å². The Labute approximate surface area is 163 Å². The van der Waals surface area contributed by atoms with Crippen LogP contribution < -0.4 is 5.32 Å². The molecule has 0 bridgehead atoms. The molecular formula is C20H23N5OS. The molecule has 7 heteroatoms. The Morgan fingerprint density at radius 1 is 1.26 bits per heavy atom. The maximum absolute atomic E-state index is 10.8. The smallest absolute Gasteiger partial charge is 0.207 e. The molecular weight excluding hydrogens is 358 g/mol. The van der Waals surface area contributed by atoms with Gasteiger partial charge in [0, 0.05) is 35.1 Å². The summed E-state index contributed by atoms with van der Waals surface area (Å²) in [5, 5.41) is 9.90. The van der Waals surface area contributed by atoms with Crippen molar-refractivity contribution in [1.82, 2.24) is 25.0 Å². The molecule has 0 fully saturated rings. The van der Waals surface area contributed by atoms with E-state index in [2.05, 4.69) is 51.9 Å². The van der Waals surface area contributed by atoms with Crippen molar-refractivity contribution in [2.45, 2.75) is 36.9 Å². The van der Waals surface area contributed by atoms with Gasteiger partial charge in [0.1, 0.15) is 10.7 Å². The summed E-state index contributed by atoms with van der Waals surface area (Å²) in [6, 6.07) is 8.27. The highest BCUT2D eigenvalue weighted by Crippen LogP contribution is 2.47. The van der Waals surface area contributed by atoms with Crippen LogP contribution >= 0.6 is 11.8 Å². The van der Waals surface area contributed by atoms with Gasteiger partial charge in [-0.2, -0.15) is 5.10 Å². The van der Waals surface area contributed by atoms with Gasteiger partial charge in [0.05, 0.1) is 12.1 Å². The topological polar surface area (TPSA) is 63.1 Å². The molecule has 0 atom stereocenters. The normalized spacial score (nSPS) is 12.4. The Bertz CT molecular complexity index is 980. The van der Waals surface area contributed by atoms with Gasteiger partial charge in [0.2, 0.25) is 6.41 Å². The summed E-state index contributed by atoms with van der Waals surface area (Å²) < 4.78 is 2.12. The first-order valence-corrected chi connectivity index (χ1v) is 10.1. The molecule has 0 radical (unpaired) electrons. The van der Waals surface area contributed by atoms with Gasteiger partial charge in [-0.15, -0.1) is 0 Å². The minimum Gasteiger partial charge on any atom is -0.355 e. The van der Waals surface area contributed by atoms with Gasteiger partial charge in [0.15, 0.2) is 0 Å². The van der Waals surface area contributed by atoms with E-state index in [0.29, 0.717) is 6.54 Å². The van der Waals surface area contributed by atoms with Gasteiger partial charge in [0.25, 0.3) is 0 Å². The molecule has 0 saturated heterocycles. The molecule has 6 nitrogen and oxygen atoms in total. The van der Waals surface area contributed by atoms with Crippen LogP contribution in [-0.2, 0) is 17.9 Å². The molecule has 1 aromatic carbocycles. The molecule has 140 valence electrons. The lowest BCUT2D eigenvalue weighted by Crippen LogP contribution is -2.27. The Hall–Kier alpha value is -2.38. The zero-order valence-corrected chi connectivity index (χ0v) is 16.4. The van der Waals surface area contributed by atoms with E-state index >= 15 is 0 Å². The number of amides is 1. The average Bonchev–Trinajstić information content (AvgIpc) is 3.08. The zero-order chi connectivity index (χ0) is 18.8. The van der Waals surface area contributed by atoms with Crippen LogP contribution in [0, 0.1) is 0 Å². The molecule has 1 aliphatic heterocycles. The number of fused-ring (bicyclic) bond motifs is 2. The van der Waals surface area contributed by atoms with Gasteiger partial charge >= 0.3 is 0 Å². The largest absolute Gasteiger partial charge is 0.355 e. The minimum atomic E-state index is 0.508. The van der Waals surface area contributed by atoms with Crippen LogP contribution in [0.4, 0.5) is 0 Å². The second-order valence-corrected chi connectivity index (χ2v) is 7.50. The van der Waals surface area contributed by atoms with E-state index in [9.17, 15) is 4.79 Å². The van der Waals surface area contributed by atoms with Gasteiger partial charge in [-0.3, -0.25) is 9.48 Å². The molecule has 2 aromatic heterocycles. The maximum atomic E-state index is 10.8. The summed E-state index contributed by atoms with van der Waals surface area (Å²) in [7, 11) is 0. The number of likely N-dealkylation sites (N-methyl/N-ethyl adjacent to an activating group) is 1. The molecule has 3 aromatic rings. The number of nitrogens with one attached hydrogen (secondary N) is 1.